The number of alkyl halides is 3. The molecule has 1 N–H and O–H groups in total. The van der Waals surface area contributed by atoms with Crippen LogP contribution in [0, 0.1) is 6.92 Å². The average Bonchev–Trinajstić information content (AvgIpc) is 3.07. The summed E-state index contributed by atoms with van der Waals surface area (Å²) in [5.74, 6) is 0.246. The van der Waals surface area contributed by atoms with Gasteiger partial charge in [0.05, 0.1) is 17.3 Å². The average molecular weight is 339 g/mol. The van der Waals surface area contributed by atoms with E-state index in [1.165, 1.54) is 19.3 Å². The van der Waals surface area contributed by atoms with Crippen molar-refractivity contribution in [2.75, 3.05) is 6.54 Å². The van der Waals surface area contributed by atoms with Gasteiger partial charge in [-0.25, -0.2) is 9.97 Å². The van der Waals surface area contributed by atoms with Crippen LogP contribution in [0.4, 0.5) is 13.2 Å². The summed E-state index contributed by atoms with van der Waals surface area (Å²) in [6, 6.07) is 1.78. The first-order valence-electron chi connectivity index (χ1n) is 7.59. The largest absolute Gasteiger partial charge is 0.433 e. The van der Waals surface area contributed by atoms with Crippen molar-refractivity contribution in [3.8, 4) is 0 Å². The summed E-state index contributed by atoms with van der Waals surface area (Å²) in [5.41, 5.74) is -0.756. The number of carbonyl (C=O) groups excluding carboxylic acids is 1. The predicted octanol–water partition coefficient (Wildman–Crippen LogP) is 2.89. The lowest BCUT2D eigenvalue weighted by Gasteiger charge is -2.34. The molecule has 1 aliphatic heterocycles. The van der Waals surface area contributed by atoms with Crippen LogP contribution >= 0.6 is 0 Å². The second kappa shape index (κ2) is 6.21. The Morgan fingerprint density at radius 2 is 2.12 bits per heavy atom. The number of nitrogens with zero attached hydrogens (tertiary/aromatic N) is 4. The molecule has 0 aliphatic carbocycles. The first kappa shape index (κ1) is 16.4. The van der Waals surface area contributed by atoms with E-state index in [-0.39, 0.29) is 23.2 Å². The van der Waals surface area contributed by atoms with Crippen LogP contribution < -0.4 is 0 Å². The highest BCUT2D eigenvalue weighted by atomic mass is 19.4. The van der Waals surface area contributed by atoms with E-state index in [0.717, 1.165) is 25.3 Å². The van der Waals surface area contributed by atoms with Crippen LogP contribution in [0.2, 0.25) is 0 Å². The van der Waals surface area contributed by atoms with E-state index >= 15 is 0 Å². The second-order valence-electron chi connectivity index (χ2n) is 5.71. The summed E-state index contributed by atoms with van der Waals surface area (Å²) >= 11 is 0. The lowest BCUT2D eigenvalue weighted by Crippen LogP contribution is -2.39. The number of rotatable bonds is 2. The topological polar surface area (TPSA) is 74.8 Å². The fourth-order valence-corrected chi connectivity index (χ4v) is 2.93. The standard InChI is InChI=1S/C15H16F3N5O/c1-9-10(5-6-12(21-9)15(16,17)18)14(24)23-7-3-2-4-11(23)13-19-8-20-22-13/h5-6,8,11H,2-4,7H2,1H3,(H,19,20,22)/t11-/m1/s1. The molecule has 3 heterocycles. The molecule has 0 unspecified atom stereocenters. The molecular formula is C15H16F3N5O. The van der Waals surface area contributed by atoms with E-state index in [1.807, 2.05) is 0 Å². The molecule has 1 fully saturated rings. The van der Waals surface area contributed by atoms with Crippen LogP contribution in [-0.2, 0) is 6.18 Å². The second-order valence-corrected chi connectivity index (χ2v) is 5.71. The fourth-order valence-electron chi connectivity index (χ4n) is 2.93. The smallest absolute Gasteiger partial charge is 0.328 e. The molecule has 128 valence electrons. The van der Waals surface area contributed by atoms with E-state index in [4.69, 9.17) is 0 Å². The van der Waals surface area contributed by atoms with Gasteiger partial charge in [-0.2, -0.15) is 18.3 Å². The third-order valence-electron chi connectivity index (χ3n) is 4.12. The zero-order valence-corrected chi connectivity index (χ0v) is 13.0. The first-order chi connectivity index (χ1) is 11.4. The van der Waals surface area contributed by atoms with Crippen LogP contribution in [0.25, 0.3) is 0 Å². The summed E-state index contributed by atoms with van der Waals surface area (Å²) in [4.78, 5) is 22.1. The molecule has 6 nitrogen and oxygen atoms in total. The molecule has 3 rings (SSSR count). The fraction of sp³-hybridized carbons (Fsp3) is 0.467. The summed E-state index contributed by atoms with van der Waals surface area (Å²) in [5, 5.41) is 6.58. The maximum Gasteiger partial charge on any atom is 0.433 e. The van der Waals surface area contributed by atoms with Crippen molar-refractivity contribution in [3.63, 3.8) is 0 Å². The van der Waals surface area contributed by atoms with Crippen molar-refractivity contribution in [1.29, 1.82) is 0 Å². The van der Waals surface area contributed by atoms with Crippen LogP contribution in [-0.4, -0.2) is 37.5 Å². The molecule has 1 saturated heterocycles. The quantitative estimate of drug-likeness (QED) is 0.913. The van der Waals surface area contributed by atoms with Gasteiger partial charge in [0.2, 0.25) is 0 Å². The normalized spacial score (nSPS) is 18.7. The highest BCUT2D eigenvalue weighted by Gasteiger charge is 2.35. The number of likely N-dealkylation sites (tertiary alicyclic amines) is 1. The zero-order chi connectivity index (χ0) is 17.3. The SMILES string of the molecule is Cc1nc(C(F)(F)F)ccc1C(=O)N1CCCC[C@@H]1c1ncn[nH]1. The Morgan fingerprint density at radius 1 is 1.33 bits per heavy atom. The number of hydrogen-bond donors (Lipinski definition) is 1. The monoisotopic (exact) mass is 339 g/mol. The number of aryl methyl sites for hydroxylation is 1. The summed E-state index contributed by atoms with van der Waals surface area (Å²) in [6.07, 6.45) is -0.645. The van der Waals surface area contributed by atoms with Gasteiger partial charge in [-0.05, 0) is 38.3 Å². The van der Waals surface area contributed by atoms with Crippen molar-refractivity contribution in [2.24, 2.45) is 0 Å². The molecule has 2 aromatic rings. The summed E-state index contributed by atoms with van der Waals surface area (Å²) in [6.45, 7) is 1.93. The van der Waals surface area contributed by atoms with E-state index in [0.29, 0.717) is 12.4 Å². The Bertz CT molecular complexity index is 729. The Morgan fingerprint density at radius 3 is 2.75 bits per heavy atom. The van der Waals surface area contributed by atoms with Crippen molar-refractivity contribution in [2.45, 2.75) is 38.4 Å². The van der Waals surface area contributed by atoms with Gasteiger partial charge >= 0.3 is 6.18 Å². The molecule has 1 amide bonds. The van der Waals surface area contributed by atoms with Gasteiger partial charge in [0.25, 0.3) is 5.91 Å². The number of carbonyl (C=O) groups is 1. The zero-order valence-electron chi connectivity index (χ0n) is 13.0. The minimum atomic E-state index is -4.53. The number of nitrogens with one attached hydrogen (secondary N) is 1. The van der Waals surface area contributed by atoms with Crippen LogP contribution in [0.5, 0.6) is 0 Å². The molecule has 0 spiro atoms. The highest BCUT2D eigenvalue weighted by Crippen LogP contribution is 2.32. The third kappa shape index (κ3) is 3.10. The first-order valence-corrected chi connectivity index (χ1v) is 7.59. The molecule has 0 saturated carbocycles. The Labute approximate surface area is 136 Å². The number of pyridine rings is 1. The van der Waals surface area contributed by atoms with Gasteiger partial charge in [-0.15, -0.1) is 0 Å². The van der Waals surface area contributed by atoms with E-state index in [2.05, 4.69) is 20.2 Å². The Hall–Kier alpha value is -2.45. The van der Waals surface area contributed by atoms with Gasteiger partial charge in [-0.3, -0.25) is 9.89 Å². The van der Waals surface area contributed by atoms with E-state index < -0.39 is 11.9 Å². The Kier molecular flexibility index (Phi) is 4.25. The minimum Gasteiger partial charge on any atom is -0.328 e. The lowest BCUT2D eigenvalue weighted by molar-refractivity contribution is -0.141. The van der Waals surface area contributed by atoms with E-state index in [9.17, 15) is 18.0 Å². The number of hydrogen-bond acceptors (Lipinski definition) is 4. The van der Waals surface area contributed by atoms with Crippen LogP contribution in [0.3, 0.4) is 0 Å². The van der Waals surface area contributed by atoms with Gasteiger partial charge in [0.15, 0.2) is 0 Å². The molecule has 0 aromatic carbocycles. The molecule has 1 atom stereocenters. The van der Waals surface area contributed by atoms with Crippen molar-refractivity contribution < 1.29 is 18.0 Å². The molecule has 0 bridgehead atoms. The highest BCUT2D eigenvalue weighted by molar-refractivity contribution is 5.95. The van der Waals surface area contributed by atoms with Crippen LogP contribution in [0.1, 0.15) is 52.9 Å². The maximum absolute atomic E-state index is 12.8. The Balaban J connectivity index is 1.90. The minimum absolute atomic E-state index is 0.0664. The molecule has 2 aromatic heterocycles. The van der Waals surface area contributed by atoms with Crippen molar-refractivity contribution >= 4 is 5.91 Å². The van der Waals surface area contributed by atoms with Crippen molar-refractivity contribution in [3.05, 3.63) is 41.2 Å². The van der Waals surface area contributed by atoms with Gasteiger partial charge in [0.1, 0.15) is 17.8 Å². The van der Waals surface area contributed by atoms with Gasteiger partial charge in [-0.1, -0.05) is 0 Å². The number of piperidine rings is 1. The molecule has 0 radical (unpaired) electrons. The lowest BCUT2D eigenvalue weighted by atomic mass is 10.00. The molecule has 9 heteroatoms. The molecular weight excluding hydrogens is 323 g/mol. The third-order valence-corrected chi connectivity index (χ3v) is 4.12. The molecule has 24 heavy (non-hydrogen) atoms. The van der Waals surface area contributed by atoms with Gasteiger partial charge < -0.3 is 4.90 Å². The number of amides is 1. The number of aromatic nitrogens is 4. The maximum atomic E-state index is 12.8. The predicted molar refractivity (Wildman–Crippen MR) is 78.0 cm³/mol. The summed E-state index contributed by atoms with van der Waals surface area (Å²) < 4.78 is 38.2. The number of H-pyrrole nitrogens is 1. The molecule has 1 aliphatic rings. The van der Waals surface area contributed by atoms with E-state index in [1.54, 1.807) is 4.90 Å². The number of halogens is 3. The van der Waals surface area contributed by atoms with Crippen LogP contribution in [0.15, 0.2) is 18.5 Å². The summed E-state index contributed by atoms with van der Waals surface area (Å²) in [7, 11) is 0. The van der Waals surface area contributed by atoms with Gasteiger partial charge in [0, 0.05) is 6.54 Å². The number of aromatic amines is 1. The van der Waals surface area contributed by atoms with Crippen molar-refractivity contribution in [1.82, 2.24) is 25.1 Å².